The van der Waals surface area contributed by atoms with E-state index in [4.69, 9.17) is 0 Å². The van der Waals surface area contributed by atoms with Crippen LogP contribution in [0.4, 0.5) is 0 Å². The van der Waals surface area contributed by atoms with E-state index in [0.29, 0.717) is 13.0 Å². The Labute approximate surface area is 176 Å². The first-order valence-corrected chi connectivity index (χ1v) is 13.0. The molecule has 1 aliphatic carbocycles. The second-order valence-corrected chi connectivity index (χ2v) is 11.8. The molecule has 0 aromatic carbocycles. The summed E-state index contributed by atoms with van der Waals surface area (Å²) in [5, 5.41) is 4.62. The molecule has 29 heavy (non-hydrogen) atoms. The molecule has 2 aliphatic rings. The summed E-state index contributed by atoms with van der Waals surface area (Å²) in [4.78, 5) is 17.0. The third kappa shape index (κ3) is 4.14. The van der Waals surface area contributed by atoms with E-state index < -0.39 is 9.84 Å². The molecular formula is C21H29N3O3S2. The van der Waals surface area contributed by atoms with Gasteiger partial charge in [0.2, 0.25) is 0 Å². The Morgan fingerprint density at radius 1 is 1.28 bits per heavy atom. The highest BCUT2D eigenvalue weighted by molar-refractivity contribution is 7.91. The Bertz CT molecular complexity index is 1010. The van der Waals surface area contributed by atoms with E-state index in [1.807, 2.05) is 25.6 Å². The van der Waals surface area contributed by atoms with Crippen LogP contribution in [0.2, 0.25) is 0 Å². The van der Waals surface area contributed by atoms with Crippen molar-refractivity contribution >= 4 is 27.1 Å². The van der Waals surface area contributed by atoms with Gasteiger partial charge in [0.05, 0.1) is 28.1 Å². The fraction of sp³-hybridized carbons (Fsp3) is 0.619. The lowest BCUT2D eigenvalue weighted by molar-refractivity contribution is 0.0789. The van der Waals surface area contributed by atoms with Crippen LogP contribution in [-0.2, 0) is 29.2 Å². The fourth-order valence-corrected chi connectivity index (χ4v) is 7.46. The summed E-state index contributed by atoms with van der Waals surface area (Å²) in [6.07, 6.45) is 6.48. The number of aryl methyl sites for hydroxylation is 3. The van der Waals surface area contributed by atoms with E-state index in [2.05, 4.69) is 11.2 Å². The Hall–Kier alpha value is -1.67. The number of hydrogen-bond acceptors (Lipinski definition) is 5. The smallest absolute Gasteiger partial charge is 0.263 e. The molecule has 1 saturated heterocycles. The van der Waals surface area contributed by atoms with Crippen LogP contribution in [0.1, 0.15) is 68.8 Å². The zero-order valence-corrected chi connectivity index (χ0v) is 19.0. The predicted octanol–water partition coefficient (Wildman–Crippen LogP) is 3.46. The van der Waals surface area contributed by atoms with Gasteiger partial charge in [-0.3, -0.25) is 9.48 Å². The summed E-state index contributed by atoms with van der Waals surface area (Å²) >= 11 is 1.65. The van der Waals surface area contributed by atoms with Crippen LogP contribution in [0.3, 0.4) is 0 Å². The van der Waals surface area contributed by atoms with Crippen LogP contribution in [0.5, 0.6) is 0 Å². The Morgan fingerprint density at radius 2 is 2.03 bits per heavy atom. The van der Waals surface area contributed by atoms with Crippen LogP contribution in [-0.4, -0.2) is 47.6 Å². The van der Waals surface area contributed by atoms with E-state index in [1.165, 1.54) is 29.7 Å². The van der Waals surface area contributed by atoms with Gasteiger partial charge in [-0.2, -0.15) is 5.10 Å². The SMILES string of the molecule is Cc1nn([C@@H]2CCS(=O)(=O)C2)c(C)c1CN(C)C(=O)c1cc2c(s1)CCCCC2. The number of rotatable bonds is 4. The molecule has 4 rings (SSSR count). The first-order chi connectivity index (χ1) is 13.7. The summed E-state index contributed by atoms with van der Waals surface area (Å²) in [5.74, 6) is 0.439. The first-order valence-electron chi connectivity index (χ1n) is 10.4. The minimum Gasteiger partial charge on any atom is -0.337 e. The number of hydrogen-bond donors (Lipinski definition) is 0. The van der Waals surface area contributed by atoms with Crippen molar-refractivity contribution in [3.05, 3.63) is 38.3 Å². The highest BCUT2D eigenvalue weighted by Crippen LogP contribution is 2.31. The molecule has 0 spiro atoms. The highest BCUT2D eigenvalue weighted by atomic mass is 32.2. The summed E-state index contributed by atoms with van der Waals surface area (Å²) in [6.45, 7) is 4.40. The number of nitrogens with zero attached hydrogens (tertiary/aromatic N) is 3. The number of aromatic nitrogens is 2. The lowest BCUT2D eigenvalue weighted by Crippen LogP contribution is -2.26. The molecule has 1 aliphatic heterocycles. The van der Waals surface area contributed by atoms with Gasteiger partial charge in [-0.25, -0.2) is 8.42 Å². The minimum atomic E-state index is -2.96. The van der Waals surface area contributed by atoms with Crippen molar-refractivity contribution < 1.29 is 13.2 Å². The number of carbonyl (C=O) groups excluding carboxylic acids is 1. The lowest BCUT2D eigenvalue weighted by atomic mass is 10.1. The largest absolute Gasteiger partial charge is 0.337 e. The maximum atomic E-state index is 13.1. The van der Waals surface area contributed by atoms with Gasteiger partial charge < -0.3 is 4.90 Å². The molecular weight excluding hydrogens is 406 g/mol. The van der Waals surface area contributed by atoms with Crippen molar-refractivity contribution in [3.63, 3.8) is 0 Å². The number of thiophene rings is 1. The van der Waals surface area contributed by atoms with Gasteiger partial charge in [0.1, 0.15) is 0 Å². The van der Waals surface area contributed by atoms with Gasteiger partial charge in [0, 0.05) is 29.7 Å². The summed E-state index contributed by atoms with van der Waals surface area (Å²) in [7, 11) is -1.13. The molecule has 0 radical (unpaired) electrons. The van der Waals surface area contributed by atoms with Crippen molar-refractivity contribution in [1.82, 2.24) is 14.7 Å². The lowest BCUT2D eigenvalue weighted by Gasteiger charge is -2.17. The summed E-state index contributed by atoms with van der Waals surface area (Å²) in [5.41, 5.74) is 4.20. The minimum absolute atomic E-state index is 0.0538. The molecule has 1 atom stereocenters. The van der Waals surface area contributed by atoms with Crippen LogP contribution in [0, 0.1) is 13.8 Å². The topological polar surface area (TPSA) is 72.3 Å². The highest BCUT2D eigenvalue weighted by Gasteiger charge is 2.32. The maximum absolute atomic E-state index is 13.1. The zero-order valence-electron chi connectivity index (χ0n) is 17.4. The Kier molecular flexibility index (Phi) is 5.59. The molecule has 6 nitrogen and oxygen atoms in total. The van der Waals surface area contributed by atoms with Crippen LogP contribution >= 0.6 is 11.3 Å². The van der Waals surface area contributed by atoms with Gasteiger partial charge in [0.15, 0.2) is 9.84 Å². The molecule has 0 N–H and O–H groups in total. The van der Waals surface area contributed by atoms with Crippen molar-refractivity contribution in [2.75, 3.05) is 18.6 Å². The number of fused-ring (bicyclic) bond motifs is 1. The summed E-state index contributed by atoms with van der Waals surface area (Å²) < 4.78 is 25.6. The third-order valence-corrected chi connectivity index (χ3v) is 9.20. The van der Waals surface area contributed by atoms with Gasteiger partial charge in [-0.1, -0.05) is 6.42 Å². The van der Waals surface area contributed by atoms with E-state index in [1.54, 1.807) is 16.2 Å². The van der Waals surface area contributed by atoms with Crippen LogP contribution in [0.25, 0.3) is 0 Å². The Balaban J connectivity index is 1.51. The predicted molar refractivity (Wildman–Crippen MR) is 115 cm³/mol. The molecule has 158 valence electrons. The van der Waals surface area contributed by atoms with Crippen molar-refractivity contribution in [2.24, 2.45) is 0 Å². The molecule has 3 heterocycles. The van der Waals surface area contributed by atoms with Gasteiger partial charge >= 0.3 is 0 Å². The van der Waals surface area contributed by atoms with Gasteiger partial charge in [-0.15, -0.1) is 11.3 Å². The monoisotopic (exact) mass is 435 g/mol. The average Bonchev–Trinajstić information content (AvgIpc) is 3.27. The molecule has 0 unspecified atom stereocenters. The molecule has 0 bridgehead atoms. The zero-order chi connectivity index (χ0) is 20.8. The van der Waals surface area contributed by atoms with Crippen molar-refractivity contribution in [3.8, 4) is 0 Å². The standard InChI is InChI=1S/C21H29N3O3S2/c1-14-18(15(2)24(22-14)17-9-10-29(26,27)13-17)12-23(3)21(25)20-11-16-7-5-4-6-8-19(16)28-20/h11,17H,4-10,12-13H2,1-3H3/t17-/m1/s1. The van der Waals surface area contributed by atoms with Crippen LogP contribution < -0.4 is 0 Å². The van der Waals surface area contributed by atoms with E-state index in [-0.39, 0.29) is 23.5 Å². The molecule has 8 heteroatoms. The molecule has 2 aromatic heterocycles. The van der Waals surface area contributed by atoms with Gasteiger partial charge in [-0.05, 0) is 57.6 Å². The number of sulfone groups is 1. The normalized spacial score (nSPS) is 21.0. The maximum Gasteiger partial charge on any atom is 0.263 e. The second kappa shape index (κ2) is 7.87. The quantitative estimate of drug-likeness (QED) is 0.690. The third-order valence-electron chi connectivity index (χ3n) is 6.23. The van der Waals surface area contributed by atoms with Gasteiger partial charge in [0.25, 0.3) is 5.91 Å². The molecule has 1 fully saturated rings. The molecule has 1 amide bonds. The fourth-order valence-electron chi connectivity index (χ4n) is 4.52. The van der Waals surface area contributed by atoms with E-state index >= 15 is 0 Å². The molecule has 2 aromatic rings. The van der Waals surface area contributed by atoms with Crippen molar-refractivity contribution in [2.45, 2.75) is 65.0 Å². The van der Waals surface area contributed by atoms with E-state index in [9.17, 15) is 13.2 Å². The van der Waals surface area contributed by atoms with Crippen molar-refractivity contribution in [1.29, 1.82) is 0 Å². The summed E-state index contributed by atoms with van der Waals surface area (Å²) in [6, 6.07) is 2.00. The first kappa shape index (κ1) is 20.6. The number of carbonyl (C=O) groups is 1. The average molecular weight is 436 g/mol. The molecule has 0 saturated carbocycles. The second-order valence-electron chi connectivity index (χ2n) is 8.43. The van der Waals surface area contributed by atoms with E-state index in [0.717, 1.165) is 34.7 Å². The Morgan fingerprint density at radius 3 is 2.76 bits per heavy atom. The number of amides is 1. The van der Waals surface area contributed by atoms with Crippen LogP contribution in [0.15, 0.2) is 6.07 Å².